The number of amides is 2. The Bertz CT molecular complexity index is 853. The molecule has 0 aliphatic heterocycles. The van der Waals surface area contributed by atoms with Crippen LogP contribution in [0.5, 0.6) is 23.0 Å². The number of ether oxygens (including phenoxy) is 4. The summed E-state index contributed by atoms with van der Waals surface area (Å²) in [5, 5.41) is 2.78. The minimum absolute atomic E-state index is 0.167. The van der Waals surface area contributed by atoms with E-state index >= 15 is 0 Å². The zero-order valence-corrected chi connectivity index (χ0v) is 16.3. The molecule has 0 saturated carbocycles. The van der Waals surface area contributed by atoms with Crippen molar-refractivity contribution >= 4 is 11.8 Å². The average Bonchev–Trinajstić information content (AvgIpc) is 2.71. The Morgan fingerprint density at radius 2 is 1.68 bits per heavy atom. The largest absolute Gasteiger partial charge is 0.497 e. The predicted molar refractivity (Wildman–Crippen MR) is 103 cm³/mol. The van der Waals surface area contributed by atoms with Crippen molar-refractivity contribution < 1.29 is 28.5 Å². The molecule has 0 bridgehead atoms. The standard InChI is InChI=1S/C20H24N2O6/c1-12(28-17-10-14(25-2)6-7-15(17)19(21)23)20(24)22-11-13-5-8-16(26-3)18(9-13)27-4/h5-10,12H,11H2,1-4H3,(H2,21,23)(H,22,24). The summed E-state index contributed by atoms with van der Waals surface area (Å²) >= 11 is 0. The summed E-state index contributed by atoms with van der Waals surface area (Å²) in [7, 11) is 4.58. The van der Waals surface area contributed by atoms with E-state index in [1.165, 1.54) is 19.2 Å². The number of methoxy groups -OCH3 is 3. The van der Waals surface area contributed by atoms with E-state index in [0.717, 1.165) is 5.56 Å². The summed E-state index contributed by atoms with van der Waals surface area (Å²) in [6.45, 7) is 1.85. The molecule has 0 aliphatic rings. The van der Waals surface area contributed by atoms with Crippen molar-refractivity contribution in [2.75, 3.05) is 21.3 Å². The Kier molecular flexibility index (Phi) is 7.08. The molecule has 0 fully saturated rings. The van der Waals surface area contributed by atoms with Crippen molar-refractivity contribution in [2.24, 2.45) is 5.73 Å². The van der Waals surface area contributed by atoms with Crippen LogP contribution in [0.2, 0.25) is 0 Å². The van der Waals surface area contributed by atoms with E-state index in [1.54, 1.807) is 39.3 Å². The highest BCUT2D eigenvalue weighted by atomic mass is 16.5. The van der Waals surface area contributed by atoms with Gasteiger partial charge in [-0.25, -0.2) is 0 Å². The quantitative estimate of drug-likeness (QED) is 0.679. The second kappa shape index (κ2) is 9.50. The number of nitrogens with two attached hydrogens (primary N) is 1. The number of benzene rings is 2. The Balaban J connectivity index is 2.05. The van der Waals surface area contributed by atoms with Gasteiger partial charge in [-0.15, -0.1) is 0 Å². The zero-order valence-electron chi connectivity index (χ0n) is 16.3. The van der Waals surface area contributed by atoms with E-state index in [2.05, 4.69) is 5.32 Å². The molecule has 2 rings (SSSR count). The van der Waals surface area contributed by atoms with Gasteiger partial charge < -0.3 is 30.0 Å². The van der Waals surface area contributed by atoms with Crippen LogP contribution in [0.1, 0.15) is 22.8 Å². The van der Waals surface area contributed by atoms with Crippen molar-refractivity contribution in [3.63, 3.8) is 0 Å². The Morgan fingerprint density at radius 1 is 0.964 bits per heavy atom. The van der Waals surface area contributed by atoms with Crippen molar-refractivity contribution in [1.29, 1.82) is 0 Å². The molecule has 8 nitrogen and oxygen atoms in total. The highest BCUT2D eigenvalue weighted by Gasteiger charge is 2.19. The smallest absolute Gasteiger partial charge is 0.261 e. The fraction of sp³-hybridized carbons (Fsp3) is 0.300. The molecule has 0 aromatic heterocycles. The average molecular weight is 388 g/mol. The van der Waals surface area contributed by atoms with Crippen molar-refractivity contribution in [2.45, 2.75) is 19.6 Å². The van der Waals surface area contributed by atoms with Crippen molar-refractivity contribution in [3.05, 3.63) is 47.5 Å². The van der Waals surface area contributed by atoms with E-state index in [0.29, 0.717) is 17.2 Å². The first-order valence-corrected chi connectivity index (χ1v) is 8.52. The van der Waals surface area contributed by atoms with Gasteiger partial charge in [-0.3, -0.25) is 9.59 Å². The van der Waals surface area contributed by atoms with E-state index in [9.17, 15) is 9.59 Å². The molecule has 1 unspecified atom stereocenters. The van der Waals surface area contributed by atoms with Crippen LogP contribution < -0.4 is 30.0 Å². The van der Waals surface area contributed by atoms with Crippen LogP contribution in [0.25, 0.3) is 0 Å². The second-order valence-electron chi connectivity index (χ2n) is 5.89. The highest BCUT2D eigenvalue weighted by Crippen LogP contribution is 2.28. The number of carbonyl (C=O) groups excluding carboxylic acids is 2. The van der Waals surface area contributed by atoms with E-state index in [1.807, 2.05) is 6.07 Å². The van der Waals surface area contributed by atoms with Crippen molar-refractivity contribution in [3.8, 4) is 23.0 Å². The molecule has 0 radical (unpaired) electrons. The van der Waals surface area contributed by atoms with Gasteiger partial charge in [-0.2, -0.15) is 0 Å². The van der Waals surface area contributed by atoms with E-state index < -0.39 is 12.0 Å². The van der Waals surface area contributed by atoms with Gasteiger partial charge in [0.25, 0.3) is 11.8 Å². The normalized spacial score (nSPS) is 11.3. The summed E-state index contributed by atoms with van der Waals surface area (Å²) in [4.78, 5) is 24.0. The molecule has 0 aliphatic carbocycles. The molecular weight excluding hydrogens is 364 g/mol. The highest BCUT2D eigenvalue weighted by molar-refractivity contribution is 5.96. The third-order valence-electron chi connectivity index (χ3n) is 4.04. The SMILES string of the molecule is COc1ccc(C(N)=O)c(OC(C)C(=O)NCc2ccc(OC)c(OC)c2)c1. The molecule has 0 saturated heterocycles. The summed E-state index contributed by atoms with van der Waals surface area (Å²) in [5.74, 6) is 0.828. The van der Waals surface area contributed by atoms with Gasteiger partial charge >= 0.3 is 0 Å². The molecule has 28 heavy (non-hydrogen) atoms. The van der Waals surface area contributed by atoms with Gasteiger partial charge in [0.1, 0.15) is 11.5 Å². The van der Waals surface area contributed by atoms with Crippen LogP contribution in [0, 0.1) is 0 Å². The van der Waals surface area contributed by atoms with Crippen LogP contribution in [0.15, 0.2) is 36.4 Å². The van der Waals surface area contributed by atoms with Gasteiger partial charge in [0.15, 0.2) is 17.6 Å². The zero-order chi connectivity index (χ0) is 20.7. The lowest BCUT2D eigenvalue weighted by Crippen LogP contribution is -2.36. The maximum absolute atomic E-state index is 12.4. The first kappa shape index (κ1) is 20.9. The lowest BCUT2D eigenvalue weighted by atomic mass is 10.1. The third kappa shape index (κ3) is 5.06. The summed E-state index contributed by atoms with van der Waals surface area (Å²) < 4.78 is 21.2. The fourth-order valence-corrected chi connectivity index (χ4v) is 2.50. The number of hydrogen-bond acceptors (Lipinski definition) is 6. The molecule has 2 amide bonds. The number of carbonyl (C=O) groups is 2. The molecule has 2 aromatic carbocycles. The minimum Gasteiger partial charge on any atom is -0.497 e. The van der Waals surface area contributed by atoms with E-state index in [-0.39, 0.29) is 23.8 Å². The van der Waals surface area contributed by atoms with Crippen LogP contribution in [-0.2, 0) is 11.3 Å². The topological polar surface area (TPSA) is 109 Å². The lowest BCUT2D eigenvalue weighted by molar-refractivity contribution is -0.127. The monoisotopic (exact) mass is 388 g/mol. The lowest BCUT2D eigenvalue weighted by Gasteiger charge is -2.17. The summed E-state index contributed by atoms with van der Waals surface area (Å²) in [5.41, 5.74) is 6.36. The second-order valence-corrected chi connectivity index (χ2v) is 5.89. The Morgan fingerprint density at radius 3 is 2.29 bits per heavy atom. The first-order valence-electron chi connectivity index (χ1n) is 8.52. The molecule has 8 heteroatoms. The number of nitrogens with one attached hydrogen (secondary N) is 1. The van der Waals surface area contributed by atoms with Gasteiger partial charge in [-0.1, -0.05) is 6.07 Å². The van der Waals surface area contributed by atoms with Gasteiger partial charge in [0.05, 0.1) is 26.9 Å². The minimum atomic E-state index is -0.856. The Labute approximate surface area is 163 Å². The number of hydrogen-bond donors (Lipinski definition) is 2. The molecule has 1 atom stereocenters. The van der Waals surface area contributed by atoms with Gasteiger partial charge in [0.2, 0.25) is 0 Å². The van der Waals surface area contributed by atoms with Gasteiger partial charge in [-0.05, 0) is 36.8 Å². The summed E-state index contributed by atoms with van der Waals surface area (Å²) in [6, 6.07) is 9.95. The van der Waals surface area contributed by atoms with Gasteiger partial charge in [0, 0.05) is 12.6 Å². The maximum Gasteiger partial charge on any atom is 0.261 e. The molecular formula is C20H24N2O6. The third-order valence-corrected chi connectivity index (χ3v) is 4.04. The first-order chi connectivity index (χ1) is 13.4. The molecule has 0 spiro atoms. The Hall–Kier alpha value is -3.42. The number of rotatable bonds is 9. The molecule has 3 N–H and O–H groups in total. The molecule has 150 valence electrons. The van der Waals surface area contributed by atoms with Crippen LogP contribution in [0.4, 0.5) is 0 Å². The fourth-order valence-electron chi connectivity index (χ4n) is 2.50. The molecule has 2 aromatic rings. The number of primary amides is 1. The summed E-state index contributed by atoms with van der Waals surface area (Å²) in [6.07, 6.45) is -0.856. The van der Waals surface area contributed by atoms with Crippen LogP contribution in [-0.4, -0.2) is 39.2 Å². The maximum atomic E-state index is 12.4. The van der Waals surface area contributed by atoms with E-state index in [4.69, 9.17) is 24.7 Å². The van der Waals surface area contributed by atoms with Crippen molar-refractivity contribution in [1.82, 2.24) is 5.32 Å². The van der Waals surface area contributed by atoms with Crippen LogP contribution in [0.3, 0.4) is 0 Å². The molecule has 0 heterocycles. The van der Waals surface area contributed by atoms with Crippen LogP contribution >= 0.6 is 0 Å². The predicted octanol–water partition coefficient (Wildman–Crippen LogP) is 1.89.